The van der Waals surface area contributed by atoms with E-state index in [4.69, 9.17) is 21.1 Å². The fourth-order valence-corrected chi connectivity index (χ4v) is 1.69. The number of hydrogen-bond donors (Lipinski definition) is 1. The molecule has 0 unspecified atom stereocenters. The maximum absolute atomic E-state index is 5.91. The largest absolute Gasteiger partial charge is 0.490 e. The van der Waals surface area contributed by atoms with Gasteiger partial charge in [-0.05, 0) is 5.56 Å². The molecular formula is C12H13ClN4O2. The fraction of sp³-hybridized carbons (Fsp3) is 0.250. The van der Waals surface area contributed by atoms with Crippen LogP contribution in [-0.4, -0.2) is 29.2 Å². The Hall–Kier alpha value is -2.08. The lowest BCUT2D eigenvalue weighted by molar-refractivity contribution is 0.397. The summed E-state index contributed by atoms with van der Waals surface area (Å²) in [6.45, 7) is 0.542. The summed E-state index contributed by atoms with van der Waals surface area (Å²) in [5, 5.41) is 3.39. The van der Waals surface area contributed by atoms with Crippen molar-refractivity contribution >= 4 is 17.4 Å². The monoisotopic (exact) mass is 280 g/mol. The van der Waals surface area contributed by atoms with E-state index in [1.807, 2.05) is 6.07 Å². The van der Waals surface area contributed by atoms with Crippen molar-refractivity contribution in [2.75, 3.05) is 19.5 Å². The minimum atomic E-state index is 0.271. The van der Waals surface area contributed by atoms with E-state index in [-0.39, 0.29) is 5.15 Å². The molecule has 0 fully saturated rings. The van der Waals surface area contributed by atoms with Crippen LogP contribution in [0, 0.1) is 0 Å². The third kappa shape index (κ3) is 3.23. The van der Waals surface area contributed by atoms with Crippen LogP contribution in [0.1, 0.15) is 5.56 Å². The molecule has 0 aliphatic carbocycles. The summed E-state index contributed by atoms with van der Waals surface area (Å²) in [5.74, 6) is 1.54. The Kier molecular flexibility index (Phi) is 4.35. The predicted molar refractivity (Wildman–Crippen MR) is 71.7 cm³/mol. The molecule has 6 nitrogen and oxygen atoms in total. The summed E-state index contributed by atoms with van der Waals surface area (Å²) in [4.78, 5) is 12.0. The van der Waals surface area contributed by atoms with E-state index in [2.05, 4.69) is 20.3 Å². The van der Waals surface area contributed by atoms with Crippen LogP contribution in [0.15, 0.2) is 24.7 Å². The molecule has 7 heteroatoms. The van der Waals surface area contributed by atoms with E-state index < -0.39 is 0 Å². The number of anilines is 1. The van der Waals surface area contributed by atoms with Gasteiger partial charge >= 0.3 is 0 Å². The van der Waals surface area contributed by atoms with Crippen LogP contribution in [0.25, 0.3) is 0 Å². The summed E-state index contributed by atoms with van der Waals surface area (Å²) >= 11 is 5.91. The highest BCUT2D eigenvalue weighted by Gasteiger charge is 2.09. The molecule has 2 heterocycles. The fourth-order valence-electron chi connectivity index (χ4n) is 1.48. The Labute approximate surface area is 115 Å². The molecule has 2 rings (SSSR count). The molecule has 2 aromatic rings. The number of halogens is 1. The number of methoxy groups -OCH3 is 2. The smallest absolute Gasteiger partial charge is 0.212 e. The lowest BCUT2D eigenvalue weighted by atomic mass is 10.3. The van der Waals surface area contributed by atoms with Crippen LogP contribution in [0.3, 0.4) is 0 Å². The number of nitrogens with one attached hydrogen (secondary N) is 1. The Bertz CT molecular complexity index is 548. The molecule has 19 heavy (non-hydrogen) atoms. The number of pyridine rings is 1. The highest BCUT2D eigenvalue weighted by atomic mass is 35.5. The number of hydrogen-bond acceptors (Lipinski definition) is 6. The predicted octanol–water partition coefficient (Wildman–Crippen LogP) is 2.15. The SMILES string of the molecule is COc1ccc(CNc2ncnc(Cl)c2OC)cn1. The molecule has 0 bridgehead atoms. The summed E-state index contributed by atoms with van der Waals surface area (Å²) in [6.07, 6.45) is 3.10. The number of aromatic nitrogens is 3. The summed E-state index contributed by atoms with van der Waals surface area (Å²) in [5.41, 5.74) is 0.984. The Morgan fingerprint density at radius 2 is 2.00 bits per heavy atom. The molecule has 0 saturated heterocycles. The standard InChI is InChI=1S/C12H13ClN4O2/c1-18-9-4-3-8(5-14-9)6-15-12-10(19-2)11(13)16-7-17-12/h3-5,7H,6H2,1-2H3,(H,15,16,17). The van der Waals surface area contributed by atoms with Crippen molar-refractivity contribution in [3.8, 4) is 11.6 Å². The van der Waals surface area contributed by atoms with E-state index in [1.54, 1.807) is 19.4 Å². The van der Waals surface area contributed by atoms with Crippen LogP contribution < -0.4 is 14.8 Å². The minimum absolute atomic E-state index is 0.271. The second kappa shape index (κ2) is 6.19. The van der Waals surface area contributed by atoms with E-state index >= 15 is 0 Å². The Morgan fingerprint density at radius 1 is 1.16 bits per heavy atom. The maximum atomic E-state index is 5.91. The van der Waals surface area contributed by atoms with Gasteiger partial charge in [-0.15, -0.1) is 0 Å². The first-order valence-corrected chi connectivity index (χ1v) is 5.89. The molecular weight excluding hydrogens is 268 g/mol. The van der Waals surface area contributed by atoms with Crippen LogP contribution in [0.4, 0.5) is 5.82 Å². The van der Waals surface area contributed by atoms with Gasteiger partial charge in [-0.2, -0.15) is 0 Å². The molecule has 2 aromatic heterocycles. The quantitative estimate of drug-likeness (QED) is 0.847. The summed E-state index contributed by atoms with van der Waals surface area (Å²) < 4.78 is 10.1. The lowest BCUT2D eigenvalue weighted by Crippen LogP contribution is -2.04. The molecule has 0 saturated carbocycles. The molecule has 0 atom stereocenters. The van der Waals surface area contributed by atoms with Crippen molar-refractivity contribution in [2.24, 2.45) is 0 Å². The van der Waals surface area contributed by atoms with Crippen molar-refractivity contribution in [3.05, 3.63) is 35.4 Å². The minimum Gasteiger partial charge on any atom is -0.490 e. The van der Waals surface area contributed by atoms with Gasteiger partial charge in [0.15, 0.2) is 16.7 Å². The third-order valence-electron chi connectivity index (χ3n) is 2.43. The van der Waals surface area contributed by atoms with Crippen molar-refractivity contribution < 1.29 is 9.47 Å². The lowest BCUT2D eigenvalue weighted by Gasteiger charge is -2.10. The number of ether oxygens (including phenoxy) is 2. The zero-order valence-electron chi connectivity index (χ0n) is 10.6. The molecule has 0 spiro atoms. The summed E-state index contributed by atoms with van der Waals surface area (Å²) in [6, 6.07) is 3.70. The average molecular weight is 281 g/mol. The molecule has 0 radical (unpaired) electrons. The Morgan fingerprint density at radius 3 is 2.63 bits per heavy atom. The van der Waals surface area contributed by atoms with Gasteiger partial charge in [0.25, 0.3) is 0 Å². The van der Waals surface area contributed by atoms with E-state index in [0.29, 0.717) is 24.0 Å². The van der Waals surface area contributed by atoms with Gasteiger partial charge < -0.3 is 14.8 Å². The normalized spacial score (nSPS) is 10.1. The number of rotatable bonds is 5. The molecule has 100 valence electrons. The van der Waals surface area contributed by atoms with Crippen molar-refractivity contribution in [1.29, 1.82) is 0 Å². The van der Waals surface area contributed by atoms with Gasteiger partial charge in [0, 0.05) is 18.8 Å². The van der Waals surface area contributed by atoms with Crippen LogP contribution >= 0.6 is 11.6 Å². The first-order valence-electron chi connectivity index (χ1n) is 5.52. The Balaban J connectivity index is 2.07. The van der Waals surface area contributed by atoms with E-state index in [0.717, 1.165) is 5.56 Å². The zero-order valence-corrected chi connectivity index (χ0v) is 11.3. The van der Waals surface area contributed by atoms with Gasteiger partial charge in [0.1, 0.15) is 6.33 Å². The molecule has 0 amide bonds. The van der Waals surface area contributed by atoms with Gasteiger partial charge in [-0.1, -0.05) is 17.7 Å². The molecule has 0 aromatic carbocycles. The van der Waals surface area contributed by atoms with Crippen LogP contribution in [0.2, 0.25) is 5.15 Å². The second-order valence-corrected chi connectivity index (χ2v) is 3.97. The first-order chi connectivity index (χ1) is 9.24. The van der Waals surface area contributed by atoms with Crippen molar-refractivity contribution in [2.45, 2.75) is 6.54 Å². The zero-order chi connectivity index (χ0) is 13.7. The van der Waals surface area contributed by atoms with E-state index in [1.165, 1.54) is 13.4 Å². The van der Waals surface area contributed by atoms with Crippen LogP contribution in [-0.2, 0) is 6.54 Å². The molecule has 0 aliphatic rings. The topological polar surface area (TPSA) is 69.2 Å². The van der Waals surface area contributed by atoms with Crippen LogP contribution in [0.5, 0.6) is 11.6 Å². The second-order valence-electron chi connectivity index (χ2n) is 3.61. The van der Waals surface area contributed by atoms with Gasteiger partial charge in [0.05, 0.1) is 14.2 Å². The maximum Gasteiger partial charge on any atom is 0.212 e. The molecule has 0 aliphatic heterocycles. The average Bonchev–Trinajstić information content (AvgIpc) is 2.45. The van der Waals surface area contributed by atoms with Crippen molar-refractivity contribution in [3.63, 3.8) is 0 Å². The third-order valence-corrected chi connectivity index (χ3v) is 2.70. The highest BCUT2D eigenvalue weighted by Crippen LogP contribution is 2.28. The highest BCUT2D eigenvalue weighted by molar-refractivity contribution is 6.31. The van der Waals surface area contributed by atoms with Gasteiger partial charge in [0.2, 0.25) is 5.88 Å². The van der Waals surface area contributed by atoms with E-state index in [9.17, 15) is 0 Å². The summed E-state index contributed by atoms with van der Waals surface area (Å²) in [7, 11) is 3.10. The molecule has 1 N–H and O–H groups in total. The number of nitrogens with zero attached hydrogens (tertiary/aromatic N) is 3. The first kappa shape index (κ1) is 13.4. The van der Waals surface area contributed by atoms with Gasteiger partial charge in [-0.3, -0.25) is 0 Å². The van der Waals surface area contributed by atoms with Crippen molar-refractivity contribution in [1.82, 2.24) is 15.0 Å². The van der Waals surface area contributed by atoms with Gasteiger partial charge in [-0.25, -0.2) is 15.0 Å².